The fourth-order valence-corrected chi connectivity index (χ4v) is 6.33. The fraction of sp³-hybridized carbons (Fsp3) is 0.762. The smallest absolute Gasteiger partial charge is 0.288 e. The highest BCUT2D eigenvalue weighted by atomic mass is 16.5. The molecule has 7 nitrogen and oxygen atoms in total. The van der Waals surface area contributed by atoms with E-state index in [2.05, 4.69) is 29.5 Å². The number of aryl methyl sites for hydroxylation is 1. The molecule has 3 fully saturated rings. The third-order valence-corrected chi connectivity index (χ3v) is 7.64. The minimum atomic E-state index is -0.231. The van der Waals surface area contributed by atoms with Gasteiger partial charge in [-0.15, -0.1) is 0 Å². The van der Waals surface area contributed by atoms with Crippen LogP contribution in [0.25, 0.3) is 0 Å². The number of ether oxygens (including phenoxy) is 1. The van der Waals surface area contributed by atoms with E-state index in [0.29, 0.717) is 24.1 Å². The summed E-state index contributed by atoms with van der Waals surface area (Å²) in [6, 6.07) is 0.194. The molecule has 2 heterocycles. The lowest BCUT2D eigenvalue weighted by Gasteiger charge is -2.53. The van der Waals surface area contributed by atoms with Crippen LogP contribution in [0.4, 0.5) is 0 Å². The molecule has 2 N–H and O–H groups in total. The summed E-state index contributed by atoms with van der Waals surface area (Å²) in [7, 11) is 0. The molecule has 0 radical (unpaired) electrons. The van der Waals surface area contributed by atoms with Gasteiger partial charge in [0, 0.05) is 26.1 Å². The van der Waals surface area contributed by atoms with Gasteiger partial charge in [0.05, 0.1) is 11.8 Å². The standard InChI is InChI=1S/C21H31N3O4/c1-12-17(28-11-23-12)18(26)22-7-5-16-15-9-14-10-21(15,6-8-27-16)19(20(14,3)4)24-13(2)25/h11,14-16,19H,5-10H2,1-4H3,(H,22,26)(H,24,25)/t14-,15-,16-,19+,21?/m1/s1. The number of fused-ring (bicyclic) bond motifs is 1. The lowest BCUT2D eigenvalue weighted by atomic mass is 9.59. The zero-order chi connectivity index (χ0) is 20.1. The fourth-order valence-electron chi connectivity index (χ4n) is 6.33. The van der Waals surface area contributed by atoms with Gasteiger partial charge in [0.1, 0.15) is 0 Å². The van der Waals surface area contributed by atoms with Gasteiger partial charge in [0.2, 0.25) is 11.7 Å². The summed E-state index contributed by atoms with van der Waals surface area (Å²) in [6.45, 7) is 9.22. The topological polar surface area (TPSA) is 93.5 Å². The minimum Gasteiger partial charge on any atom is -0.438 e. The second-order valence-electron chi connectivity index (χ2n) is 9.40. The first-order valence-corrected chi connectivity index (χ1v) is 10.3. The third kappa shape index (κ3) is 2.95. The van der Waals surface area contributed by atoms with E-state index in [1.54, 1.807) is 13.8 Å². The van der Waals surface area contributed by atoms with Crippen LogP contribution in [-0.4, -0.2) is 42.1 Å². The number of hydrogen-bond acceptors (Lipinski definition) is 5. The second-order valence-corrected chi connectivity index (χ2v) is 9.40. The third-order valence-electron chi connectivity index (χ3n) is 7.64. The molecular formula is C21H31N3O4. The van der Waals surface area contributed by atoms with Gasteiger partial charge in [-0.25, -0.2) is 4.98 Å². The van der Waals surface area contributed by atoms with Crippen molar-refractivity contribution in [3.63, 3.8) is 0 Å². The van der Waals surface area contributed by atoms with Crippen molar-refractivity contribution in [3.8, 4) is 0 Å². The van der Waals surface area contributed by atoms with Crippen LogP contribution in [0.2, 0.25) is 0 Å². The molecule has 2 saturated carbocycles. The minimum absolute atomic E-state index is 0.0523. The molecule has 1 aromatic rings. The average Bonchev–Trinajstić information content (AvgIpc) is 3.28. The van der Waals surface area contributed by atoms with Crippen molar-refractivity contribution in [3.05, 3.63) is 17.8 Å². The monoisotopic (exact) mass is 389 g/mol. The van der Waals surface area contributed by atoms with Crippen LogP contribution in [0, 0.1) is 29.6 Å². The Kier molecular flexibility index (Phi) is 4.76. The number of rotatable bonds is 5. The highest BCUT2D eigenvalue weighted by Crippen LogP contribution is 2.68. The van der Waals surface area contributed by atoms with Crippen molar-refractivity contribution in [2.24, 2.45) is 22.7 Å². The number of nitrogens with zero attached hydrogens (tertiary/aromatic N) is 1. The van der Waals surface area contributed by atoms with Crippen molar-refractivity contribution in [1.29, 1.82) is 0 Å². The predicted octanol–water partition coefficient (Wildman–Crippen LogP) is 2.45. The summed E-state index contributed by atoms with van der Waals surface area (Å²) in [5.41, 5.74) is 0.829. The maximum atomic E-state index is 12.2. The van der Waals surface area contributed by atoms with E-state index >= 15 is 0 Å². The zero-order valence-electron chi connectivity index (χ0n) is 17.2. The van der Waals surface area contributed by atoms with Crippen LogP contribution in [0.5, 0.6) is 0 Å². The molecule has 4 rings (SSSR count). The van der Waals surface area contributed by atoms with Crippen LogP contribution in [0.1, 0.15) is 62.7 Å². The van der Waals surface area contributed by atoms with Crippen molar-refractivity contribution < 1.29 is 18.7 Å². The molecule has 1 aromatic heterocycles. The second kappa shape index (κ2) is 6.87. The van der Waals surface area contributed by atoms with Crippen molar-refractivity contribution >= 4 is 11.8 Å². The van der Waals surface area contributed by atoms with Crippen LogP contribution in [0.3, 0.4) is 0 Å². The lowest BCUT2D eigenvalue weighted by molar-refractivity contribution is -0.135. The largest absolute Gasteiger partial charge is 0.438 e. The van der Waals surface area contributed by atoms with E-state index in [1.807, 2.05) is 0 Å². The summed E-state index contributed by atoms with van der Waals surface area (Å²) in [6.07, 6.45) is 5.48. The molecule has 154 valence electrons. The normalized spacial score (nSPS) is 35.4. The summed E-state index contributed by atoms with van der Waals surface area (Å²) >= 11 is 0. The van der Waals surface area contributed by atoms with Crippen molar-refractivity contribution in [2.45, 2.75) is 65.5 Å². The van der Waals surface area contributed by atoms with Gasteiger partial charge in [-0.1, -0.05) is 13.8 Å². The molecule has 1 spiro atoms. The first kappa shape index (κ1) is 19.4. The highest BCUT2D eigenvalue weighted by Gasteiger charge is 2.68. The van der Waals surface area contributed by atoms with E-state index in [9.17, 15) is 9.59 Å². The van der Waals surface area contributed by atoms with Gasteiger partial charge in [-0.05, 0) is 55.3 Å². The van der Waals surface area contributed by atoms with Crippen molar-refractivity contribution in [1.82, 2.24) is 15.6 Å². The van der Waals surface area contributed by atoms with Crippen LogP contribution >= 0.6 is 0 Å². The Morgan fingerprint density at radius 2 is 2.14 bits per heavy atom. The zero-order valence-corrected chi connectivity index (χ0v) is 17.2. The van der Waals surface area contributed by atoms with E-state index in [1.165, 1.54) is 12.8 Å². The quantitative estimate of drug-likeness (QED) is 0.807. The average molecular weight is 389 g/mol. The van der Waals surface area contributed by atoms with Gasteiger partial charge < -0.3 is 19.8 Å². The molecule has 1 saturated heterocycles. The Hall–Kier alpha value is -1.89. The summed E-state index contributed by atoms with van der Waals surface area (Å²) in [4.78, 5) is 28.1. The molecule has 0 aromatic carbocycles. The number of carbonyl (C=O) groups is 2. The first-order valence-electron chi connectivity index (χ1n) is 10.3. The van der Waals surface area contributed by atoms with Crippen LogP contribution in [-0.2, 0) is 9.53 Å². The lowest BCUT2D eigenvalue weighted by Crippen LogP contribution is -2.60. The molecule has 2 amide bonds. The summed E-state index contributed by atoms with van der Waals surface area (Å²) < 4.78 is 11.3. The predicted molar refractivity (Wildman–Crippen MR) is 103 cm³/mol. The first-order chi connectivity index (χ1) is 13.3. The molecule has 2 bridgehead atoms. The van der Waals surface area contributed by atoms with E-state index in [-0.39, 0.29) is 40.6 Å². The Labute approximate surface area is 166 Å². The van der Waals surface area contributed by atoms with Crippen molar-refractivity contribution in [2.75, 3.05) is 13.2 Å². The van der Waals surface area contributed by atoms with Gasteiger partial charge >= 0.3 is 0 Å². The van der Waals surface area contributed by atoms with Gasteiger partial charge in [0.25, 0.3) is 5.91 Å². The Morgan fingerprint density at radius 1 is 1.36 bits per heavy atom. The highest BCUT2D eigenvalue weighted by molar-refractivity contribution is 5.92. The molecule has 5 atom stereocenters. The maximum Gasteiger partial charge on any atom is 0.288 e. The molecule has 7 heteroatoms. The SMILES string of the molecule is CC(=O)N[C@H]1C(C)(C)[C@@H]2C[C@@H]3[C@@H](CCNC(=O)c4ocnc4C)OCCC31C2. The van der Waals surface area contributed by atoms with Gasteiger partial charge in [-0.3, -0.25) is 9.59 Å². The molecule has 1 unspecified atom stereocenters. The van der Waals surface area contributed by atoms with Gasteiger partial charge in [0.15, 0.2) is 6.39 Å². The van der Waals surface area contributed by atoms with Gasteiger partial charge in [-0.2, -0.15) is 0 Å². The van der Waals surface area contributed by atoms with Crippen LogP contribution in [0.15, 0.2) is 10.8 Å². The summed E-state index contributed by atoms with van der Waals surface area (Å²) in [5.74, 6) is 1.13. The number of nitrogens with one attached hydrogen (secondary N) is 2. The number of aromatic nitrogens is 1. The molecule has 3 aliphatic rings. The molecule has 2 aliphatic carbocycles. The molecule has 28 heavy (non-hydrogen) atoms. The maximum absolute atomic E-state index is 12.2. The van der Waals surface area contributed by atoms with E-state index < -0.39 is 0 Å². The summed E-state index contributed by atoms with van der Waals surface area (Å²) in [5, 5.41) is 6.22. The number of hydrogen-bond donors (Lipinski definition) is 2. The molecular weight excluding hydrogens is 358 g/mol. The Balaban J connectivity index is 1.43. The van der Waals surface area contributed by atoms with Crippen LogP contribution < -0.4 is 10.6 Å². The number of amides is 2. The Bertz CT molecular complexity index is 773. The van der Waals surface area contributed by atoms with E-state index in [0.717, 1.165) is 25.9 Å². The number of oxazole rings is 1. The number of carbonyl (C=O) groups excluding carboxylic acids is 2. The molecule has 1 aliphatic heterocycles. The van der Waals surface area contributed by atoms with E-state index in [4.69, 9.17) is 9.15 Å². The Morgan fingerprint density at radius 3 is 2.82 bits per heavy atom.